The average molecular weight is 331 g/mol. The molecule has 0 aromatic heterocycles. The minimum Gasteiger partial charge on any atom is -0.493 e. The first kappa shape index (κ1) is 17.8. The largest absolute Gasteiger partial charge is 0.493 e. The van der Waals surface area contributed by atoms with E-state index in [1.807, 2.05) is 0 Å². The Hall–Kier alpha value is -2.29. The van der Waals surface area contributed by atoms with Crippen LogP contribution < -0.4 is 14.8 Å². The van der Waals surface area contributed by atoms with Gasteiger partial charge in [-0.2, -0.15) is 0 Å². The number of aliphatic carboxylic acids is 1. The highest BCUT2D eigenvalue weighted by Crippen LogP contribution is 2.29. The first-order chi connectivity index (χ1) is 10.3. The Morgan fingerprint density at radius 3 is 2.36 bits per heavy atom. The molecule has 1 aromatic carbocycles. The molecule has 0 fully saturated rings. The molecule has 0 heterocycles. The number of rotatable bonds is 8. The fraction of sp³-hybridized carbons (Fsp3) is 0.385. The van der Waals surface area contributed by atoms with Crippen LogP contribution in [0.4, 0.5) is 0 Å². The molecule has 1 aromatic rings. The summed E-state index contributed by atoms with van der Waals surface area (Å²) in [6, 6.07) is 4.12. The summed E-state index contributed by atoms with van der Waals surface area (Å²) >= 11 is 0. The third kappa shape index (κ3) is 4.92. The zero-order chi connectivity index (χ0) is 16.8. The highest BCUT2D eigenvalue weighted by atomic mass is 32.2. The average Bonchev–Trinajstić information content (AvgIpc) is 2.50. The highest BCUT2D eigenvalue weighted by Gasteiger charge is 2.19. The number of carboxylic acid groups (broad SMARTS) is 1. The number of benzene rings is 1. The molecule has 0 saturated carbocycles. The molecule has 0 spiro atoms. The Morgan fingerprint density at radius 2 is 1.82 bits per heavy atom. The standard InChI is InChI=1S/C13H17NO7S/c1-20-10-4-3-9(7-11(10)21-2)22(18,19)6-5-12(15)14-8-13(16)17/h3-4,7H,5-6,8H2,1-2H3,(H,14,15)(H,16,17). The summed E-state index contributed by atoms with van der Waals surface area (Å²) in [5.41, 5.74) is 0. The lowest BCUT2D eigenvalue weighted by Gasteiger charge is -2.10. The third-order valence-electron chi connectivity index (χ3n) is 2.75. The van der Waals surface area contributed by atoms with Crippen molar-refractivity contribution in [1.29, 1.82) is 0 Å². The molecule has 0 unspecified atom stereocenters. The van der Waals surface area contributed by atoms with Crippen LogP contribution in [0.15, 0.2) is 23.1 Å². The Labute approximate surface area is 128 Å². The molecule has 0 radical (unpaired) electrons. The number of carbonyl (C=O) groups excluding carboxylic acids is 1. The second kappa shape index (κ2) is 7.64. The summed E-state index contributed by atoms with van der Waals surface area (Å²) in [5, 5.41) is 10.5. The van der Waals surface area contributed by atoms with E-state index in [1.165, 1.54) is 32.4 Å². The van der Waals surface area contributed by atoms with Crippen molar-refractivity contribution in [2.45, 2.75) is 11.3 Å². The summed E-state index contributed by atoms with van der Waals surface area (Å²) in [6.45, 7) is -0.546. The second-order valence-electron chi connectivity index (χ2n) is 4.26. The smallest absolute Gasteiger partial charge is 0.322 e. The highest BCUT2D eigenvalue weighted by molar-refractivity contribution is 7.91. The molecule has 22 heavy (non-hydrogen) atoms. The number of hydrogen-bond donors (Lipinski definition) is 2. The normalized spacial score (nSPS) is 10.8. The minimum absolute atomic E-state index is 0.00353. The monoisotopic (exact) mass is 331 g/mol. The van der Waals surface area contributed by atoms with Gasteiger partial charge in [0.1, 0.15) is 6.54 Å². The Kier molecular flexibility index (Phi) is 6.17. The summed E-state index contributed by atoms with van der Waals surface area (Å²) in [4.78, 5) is 21.7. The van der Waals surface area contributed by atoms with Crippen molar-refractivity contribution < 1.29 is 32.6 Å². The van der Waals surface area contributed by atoms with Crippen LogP contribution >= 0.6 is 0 Å². The molecule has 0 atom stereocenters. The van der Waals surface area contributed by atoms with Gasteiger partial charge in [-0.3, -0.25) is 9.59 Å². The molecule has 2 N–H and O–H groups in total. The van der Waals surface area contributed by atoms with Crippen molar-refractivity contribution in [3.63, 3.8) is 0 Å². The van der Waals surface area contributed by atoms with Crippen LogP contribution in [0, 0.1) is 0 Å². The summed E-state index contributed by atoms with van der Waals surface area (Å²) in [5.74, 6) is -1.63. The summed E-state index contributed by atoms with van der Waals surface area (Å²) in [6.07, 6.45) is -0.329. The van der Waals surface area contributed by atoms with Crippen LogP contribution in [0.25, 0.3) is 0 Å². The minimum atomic E-state index is -3.70. The van der Waals surface area contributed by atoms with Crippen molar-refractivity contribution in [2.75, 3.05) is 26.5 Å². The topological polar surface area (TPSA) is 119 Å². The molecular weight excluding hydrogens is 314 g/mol. The van der Waals surface area contributed by atoms with Gasteiger partial charge in [-0.1, -0.05) is 0 Å². The van der Waals surface area contributed by atoms with Gasteiger partial charge < -0.3 is 19.9 Å². The molecule has 0 bridgehead atoms. The number of amides is 1. The van der Waals surface area contributed by atoms with E-state index >= 15 is 0 Å². The number of sulfone groups is 1. The zero-order valence-corrected chi connectivity index (χ0v) is 13.0. The lowest BCUT2D eigenvalue weighted by molar-refractivity contribution is -0.137. The van der Waals surface area contributed by atoms with E-state index in [-0.39, 0.29) is 17.1 Å². The first-order valence-corrected chi connectivity index (χ1v) is 7.88. The molecule has 0 saturated heterocycles. The van der Waals surface area contributed by atoms with Crippen LogP contribution in [0.3, 0.4) is 0 Å². The fourth-order valence-electron chi connectivity index (χ4n) is 1.62. The van der Waals surface area contributed by atoms with E-state index in [1.54, 1.807) is 0 Å². The lowest BCUT2D eigenvalue weighted by atomic mass is 10.3. The van der Waals surface area contributed by atoms with Gasteiger partial charge >= 0.3 is 5.97 Å². The van der Waals surface area contributed by atoms with Gasteiger partial charge in [0.25, 0.3) is 0 Å². The van der Waals surface area contributed by atoms with Crippen LogP contribution in [-0.4, -0.2) is 51.9 Å². The zero-order valence-electron chi connectivity index (χ0n) is 12.2. The van der Waals surface area contributed by atoms with E-state index < -0.39 is 34.0 Å². The van der Waals surface area contributed by atoms with Crippen molar-refractivity contribution in [3.05, 3.63) is 18.2 Å². The number of nitrogens with one attached hydrogen (secondary N) is 1. The SMILES string of the molecule is COc1ccc(S(=O)(=O)CCC(=O)NCC(=O)O)cc1OC. The summed E-state index contributed by atoms with van der Waals surface area (Å²) in [7, 11) is -0.883. The Morgan fingerprint density at radius 1 is 1.18 bits per heavy atom. The molecule has 1 rings (SSSR count). The third-order valence-corrected chi connectivity index (χ3v) is 4.46. The molecule has 8 nitrogen and oxygen atoms in total. The van der Waals surface area contributed by atoms with Gasteiger partial charge in [0, 0.05) is 12.5 Å². The number of ether oxygens (including phenoxy) is 2. The molecule has 9 heteroatoms. The molecule has 1 amide bonds. The van der Waals surface area contributed by atoms with Gasteiger partial charge in [-0.05, 0) is 12.1 Å². The van der Waals surface area contributed by atoms with Crippen LogP contribution in [0.1, 0.15) is 6.42 Å². The van der Waals surface area contributed by atoms with Crippen molar-refractivity contribution in [1.82, 2.24) is 5.32 Å². The van der Waals surface area contributed by atoms with Gasteiger partial charge in [0.15, 0.2) is 21.3 Å². The number of methoxy groups -OCH3 is 2. The summed E-state index contributed by atoms with van der Waals surface area (Å²) < 4.78 is 34.3. The number of hydrogen-bond acceptors (Lipinski definition) is 6. The first-order valence-electron chi connectivity index (χ1n) is 6.23. The molecule has 122 valence electrons. The van der Waals surface area contributed by atoms with E-state index in [2.05, 4.69) is 5.32 Å². The van der Waals surface area contributed by atoms with Crippen LogP contribution in [0.2, 0.25) is 0 Å². The number of carboxylic acids is 1. The molecule has 0 aliphatic carbocycles. The predicted molar refractivity (Wildman–Crippen MR) is 76.9 cm³/mol. The molecule has 0 aliphatic heterocycles. The van der Waals surface area contributed by atoms with Crippen LogP contribution in [-0.2, 0) is 19.4 Å². The maximum atomic E-state index is 12.1. The van der Waals surface area contributed by atoms with Crippen molar-refractivity contribution in [3.8, 4) is 11.5 Å². The van der Waals surface area contributed by atoms with Crippen LogP contribution in [0.5, 0.6) is 11.5 Å². The predicted octanol–water partition coefficient (Wildman–Crippen LogP) is 0.0684. The maximum absolute atomic E-state index is 12.1. The van der Waals surface area contributed by atoms with E-state index in [9.17, 15) is 18.0 Å². The van der Waals surface area contributed by atoms with Gasteiger partial charge in [-0.25, -0.2) is 8.42 Å². The van der Waals surface area contributed by atoms with Gasteiger partial charge in [-0.15, -0.1) is 0 Å². The molecular formula is C13H17NO7S. The number of carbonyl (C=O) groups is 2. The van der Waals surface area contributed by atoms with E-state index in [0.29, 0.717) is 5.75 Å². The molecule has 0 aliphatic rings. The van der Waals surface area contributed by atoms with Crippen molar-refractivity contribution >= 4 is 21.7 Å². The lowest BCUT2D eigenvalue weighted by Crippen LogP contribution is -2.30. The van der Waals surface area contributed by atoms with Gasteiger partial charge in [0.05, 0.1) is 24.9 Å². The van der Waals surface area contributed by atoms with E-state index in [4.69, 9.17) is 14.6 Å². The quantitative estimate of drug-likeness (QED) is 0.691. The Balaban J connectivity index is 2.78. The maximum Gasteiger partial charge on any atom is 0.322 e. The van der Waals surface area contributed by atoms with Crippen molar-refractivity contribution in [2.24, 2.45) is 0 Å². The Bertz CT molecular complexity index is 654. The van der Waals surface area contributed by atoms with E-state index in [0.717, 1.165) is 0 Å². The fourth-order valence-corrected chi connectivity index (χ4v) is 2.87. The second-order valence-corrected chi connectivity index (χ2v) is 6.37. The van der Waals surface area contributed by atoms with Gasteiger partial charge in [0.2, 0.25) is 5.91 Å².